The van der Waals surface area contributed by atoms with Gasteiger partial charge in [0.25, 0.3) is 0 Å². The van der Waals surface area contributed by atoms with Crippen LogP contribution in [0.1, 0.15) is 26.2 Å². The first kappa shape index (κ1) is 13.0. The number of rotatable bonds is 5. The Morgan fingerprint density at radius 2 is 2.31 bits per heavy atom. The van der Waals surface area contributed by atoms with E-state index in [-0.39, 0.29) is 11.9 Å². The zero-order chi connectivity index (χ0) is 11.8. The van der Waals surface area contributed by atoms with Gasteiger partial charge in [0, 0.05) is 0 Å². The van der Waals surface area contributed by atoms with Crippen LogP contribution in [0.15, 0.2) is 0 Å². The first-order valence-corrected chi connectivity index (χ1v) is 5.80. The topological polar surface area (TPSA) is 50.4 Å². The minimum Gasteiger partial charge on any atom is -0.378 e. The molecule has 4 heteroatoms. The Kier molecular flexibility index (Phi) is 5.91. The van der Waals surface area contributed by atoms with Crippen LogP contribution in [0.3, 0.4) is 0 Å². The summed E-state index contributed by atoms with van der Waals surface area (Å²) in [6.45, 7) is 4.27. The van der Waals surface area contributed by atoms with Gasteiger partial charge in [0.1, 0.15) is 0 Å². The van der Waals surface area contributed by atoms with E-state index < -0.39 is 0 Å². The van der Waals surface area contributed by atoms with Crippen molar-refractivity contribution in [1.29, 1.82) is 0 Å². The number of amides is 1. The van der Waals surface area contributed by atoms with E-state index >= 15 is 0 Å². The van der Waals surface area contributed by atoms with Gasteiger partial charge in [0.15, 0.2) is 0 Å². The average Bonchev–Trinajstić information content (AvgIpc) is 2.30. The first-order valence-electron chi connectivity index (χ1n) is 5.80. The van der Waals surface area contributed by atoms with Crippen molar-refractivity contribution in [3.05, 3.63) is 0 Å². The summed E-state index contributed by atoms with van der Waals surface area (Å²) in [4.78, 5) is 11.4. The number of carbonyl (C=O) groups is 1. The monoisotopic (exact) mass is 224 g/mol. The van der Waals surface area contributed by atoms with Gasteiger partial charge < -0.3 is 15.4 Å². The summed E-state index contributed by atoms with van der Waals surface area (Å²) in [5.41, 5.74) is 0. The van der Waals surface area contributed by atoms with E-state index in [0.717, 1.165) is 25.9 Å². The highest BCUT2D eigenvalue weighted by Gasteiger charge is 2.13. The Bertz CT molecular complexity index is 254. The van der Waals surface area contributed by atoms with Gasteiger partial charge in [-0.2, -0.15) is 0 Å². The van der Waals surface area contributed by atoms with Gasteiger partial charge in [-0.05, 0) is 32.9 Å². The van der Waals surface area contributed by atoms with Crippen LogP contribution in [0, 0.1) is 12.3 Å². The summed E-state index contributed by atoms with van der Waals surface area (Å²) in [5, 5.41) is 5.97. The van der Waals surface area contributed by atoms with Gasteiger partial charge in [-0.3, -0.25) is 4.79 Å². The minimum atomic E-state index is -0.202. The van der Waals surface area contributed by atoms with Gasteiger partial charge in [0.05, 0.1) is 25.2 Å². The molecule has 1 aliphatic heterocycles. The summed E-state index contributed by atoms with van der Waals surface area (Å²) < 4.78 is 5.62. The highest BCUT2D eigenvalue weighted by Crippen LogP contribution is 2.07. The molecule has 1 aliphatic rings. The first-order chi connectivity index (χ1) is 7.72. The van der Waals surface area contributed by atoms with Crippen LogP contribution in [-0.2, 0) is 9.53 Å². The fraction of sp³-hybridized carbons (Fsp3) is 0.750. The number of piperidine rings is 1. The highest BCUT2D eigenvalue weighted by molar-refractivity contribution is 5.76. The van der Waals surface area contributed by atoms with E-state index in [9.17, 15) is 4.79 Å². The molecule has 16 heavy (non-hydrogen) atoms. The number of hydrogen-bond donors (Lipinski definition) is 2. The second-order valence-corrected chi connectivity index (χ2v) is 4.03. The van der Waals surface area contributed by atoms with Crippen molar-refractivity contribution in [2.75, 3.05) is 19.7 Å². The third-order valence-corrected chi connectivity index (χ3v) is 2.60. The maximum atomic E-state index is 11.4. The van der Waals surface area contributed by atoms with Crippen LogP contribution in [0.4, 0.5) is 0 Å². The lowest BCUT2D eigenvalue weighted by atomic mass is 10.1. The Hall–Kier alpha value is -1.05. The molecule has 4 nitrogen and oxygen atoms in total. The van der Waals surface area contributed by atoms with Gasteiger partial charge >= 0.3 is 0 Å². The summed E-state index contributed by atoms with van der Waals surface area (Å²) in [5.74, 6) is 2.41. The summed E-state index contributed by atoms with van der Waals surface area (Å²) in [6, 6.07) is -0.202. The molecule has 0 bridgehead atoms. The fourth-order valence-corrected chi connectivity index (χ4v) is 1.64. The van der Waals surface area contributed by atoms with Crippen LogP contribution < -0.4 is 10.6 Å². The number of ether oxygens (including phenoxy) is 1. The maximum absolute atomic E-state index is 11.4. The molecule has 0 radical (unpaired) electrons. The Morgan fingerprint density at radius 1 is 1.62 bits per heavy atom. The Balaban J connectivity index is 2.06. The summed E-state index contributed by atoms with van der Waals surface area (Å²) >= 11 is 0. The standard InChI is InChI=1S/C12H20N2O2/c1-3-10(2)14-12(15)6-9-16-11-4-7-13-8-5-11/h1,10-11,13H,4-9H2,2H3,(H,14,15). The van der Waals surface area contributed by atoms with Crippen LogP contribution in [-0.4, -0.2) is 37.7 Å². The lowest BCUT2D eigenvalue weighted by Gasteiger charge is -2.22. The number of nitrogens with one attached hydrogen (secondary N) is 2. The summed E-state index contributed by atoms with van der Waals surface area (Å²) in [6.07, 6.45) is 7.91. The molecule has 1 atom stereocenters. The third kappa shape index (κ3) is 5.15. The third-order valence-electron chi connectivity index (χ3n) is 2.60. The predicted molar refractivity (Wildman–Crippen MR) is 62.9 cm³/mol. The molecular formula is C12H20N2O2. The van der Waals surface area contributed by atoms with Gasteiger partial charge in [0.2, 0.25) is 5.91 Å². The molecule has 90 valence electrons. The molecule has 0 aromatic heterocycles. The van der Waals surface area contributed by atoms with E-state index in [4.69, 9.17) is 11.2 Å². The smallest absolute Gasteiger partial charge is 0.223 e. The molecule has 0 saturated carbocycles. The van der Waals surface area contributed by atoms with Crippen LogP contribution in [0.2, 0.25) is 0 Å². The normalized spacial score (nSPS) is 18.8. The average molecular weight is 224 g/mol. The Morgan fingerprint density at radius 3 is 2.94 bits per heavy atom. The summed E-state index contributed by atoms with van der Waals surface area (Å²) in [7, 11) is 0. The minimum absolute atomic E-state index is 0.0422. The van der Waals surface area contributed by atoms with E-state index in [0.29, 0.717) is 19.1 Å². The van der Waals surface area contributed by atoms with Crippen molar-refractivity contribution in [2.24, 2.45) is 0 Å². The van der Waals surface area contributed by atoms with E-state index in [2.05, 4.69) is 16.6 Å². The van der Waals surface area contributed by atoms with Gasteiger partial charge in [-0.1, -0.05) is 5.92 Å². The van der Waals surface area contributed by atoms with Gasteiger partial charge in [-0.15, -0.1) is 6.42 Å². The van der Waals surface area contributed by atoms with E-state index in [1.165, 1.54) is 0 Å². The molecule has 1 saturated heterocycles. The molecule has 0 aliphatic carbocycles. The zero-order valence-corrected chi connectivity index (χ0v) is 9.79. The van der Waals surface area contributed by atoms with Crippen LogP contribution >= 0.6 is 0 Å². The van der Waals surface area contributed by atoms with Crippen molar-refractivity contribution < 1.29 is 9.53 Å². The molecule has 1 unspecified atom stereocenters. The van der Waals surface area contributed by atoms with Crippen molar-refractivity contribution >= 4 is 5.91 Å². The zero-order valence-electron chi connectivity index (χ0n) is 9.79. The fourth-order valence-electron chi connectivity index (χ4n) is 1.64. The Labute approximate surface area is 97.1 Å². The van der Waals surface area contributed by atoms with E-state index in [1.807, 2.05) is 0 Å². The molecule has 0 aromatic rings. The second-order valence-electron chi connectivity index (χ2n) is 4.03. The number of terminal acetylenes is 1. The van der Waals surface area contributed by atoms with Crippen LogP contribution in [0.5, 0.6) is 0 Å². The molecular weight excluding hydrogens is 204 g/mol. The highest BCUT2D eigenvalue weighted by atomic mass is 16.5. The molecule has 1 rings (SSSR count). The van der Waals surface area contributed by atoms with Gasteiger partial charge in [-0.25, -0.2) is 0 Å². The lowest BCUT2D eigenvalue weighted by Crippen LogP contribution is -2.34. The molecule has 2 N–H and O–H groups in total. The number of carbonyl (C=O) groups excluding carboxylic acids is 1. The molecule has 0 spiro atoms. The molecule has 1 heterocycles. The van der Waals surface area contributed by atoms with E-state index in [1.54, 1.807) is 6.92 Å². The molecule has 1 amide bonds. The van der Waals surface area contributed by atoms with Crippen molar-refractivity contribution in [3.63, 3.8) is 0 Å². The second kappa shape index (κ2) is 7.26. The van der Waals surface area contributed by atoms with Crippen molar-refractivity contribution in [1.82, 2.24) is 10.6 Å². The SMILES string of the molecule is C#CC(C)NC(=O)CCOC1CCNCC1. The van der Waals surface area contributed by atoms with Crippen molar-refractivity contribution in [2.45, 2.75) is 38.3 Å². The molecule has 0 aromatic carbocycles. The quantitative estimate of drug-likeness (QED) is 0.660. The number of hydrogen-bond acceptors (Lipinski definition) is 3. The van der Waals surface area contributed by atoms with Crippen molar-refractivity contribution in [3.8, 4) is 12.3 Å². The largest absolute Gasteiger partial charge is 0.378 e. The molecule has 1 fully saturated rings. The lowest BCUT2D eigenvalue weighted by molar-refractivity contribution is -0.123. The van der Waals surface area contributed by atoms with Crippen LogP contribution in [0.25, 0.3) is 0 Å². The maximum Gasteiger partial charge on any atom is 0.223 e. The predicted octanol–water partition coefficient (Wildman–Crippen LogP) is 0.283.